The second-order valence-corrected chi connectivity index (χ2v) is 6.09. The summed E-state index contributed by atoms with van der Waals surface area (Å²) in [5, 5.41) is 6.66. The standard InChI is InChI=1S/C18H21N3O4/c1-12-11-16(20-25-12)17(22)19-14-7-9-21(10-8-14)18(23)13-3-5-15(24-2)6-4-13/h3-6,11,14H,7-10H2,1-2H3,(H,19,22). The molecule has 1 saturated heterocycles. The zero-order valence-corrected chi connectivity index (χ0v) is 14.3. The van der Waals surface area contributed by atoms with Gasteiger partial charge in [-0.1, -0.05) is 5.16 Å². The Labute approximate surface area is 145 Å². The van der Waals surface area contributed by atoms with Gasteiger partial charge in [0.1, 0.15) is 11.5 Å². The van der Waals surface area contributed by atoms with E-state index in [0.29, 0.717) is 37.3 Å². The Morgan fingerprint density at radius 3 is 2.48 bits per heavy atom. The summed E-state index contributed by atoms with van der Waals surface area (Å²) < 4.78 is 10.0. The lowest BCUT2D eigenvalue weighted by Gasteiger charge is -2.32. The van der Waals surface area contributed by atoms with Crippen molar-refractivity contribution in [3.63, 3.8) is 0 Å². The maximum atomic E-state index is 12.5. The van der Waals surface area contributed by atoms with Crippen LogP contribution in [-0.2, 0) is 0 Å². The highest BCUT2D eigenvalue weighted by molar-refractivity contribution is 5.94. The molecule has 0 radical (unpaired) electrons. The fourth-order valence-corrected chi connectivity index (χ4v) is 2.88. The van der Waals surface area contributed by atoms with Crippen LogP contribution in [0.3, 0.4) is 0 Å². The maximum Gasteiger partial charge on any atom is 0.273 e. The first-order chi connectivity index (χ1) is 12.1. The molecule has 3 rings (SSSR count). The number of methoxy groups -OCH3 is 1. The smallest absolute Gasteiger partial charge is 0.273 e. The molecule has 0 saturated carbocycles. The molecule has 1 N–H and O–H groups in total. The highest BCUT2D eigenvalue weighted by Crippen LogP contribution is 2.17. The predicted octanol–water partition coefficient (Wildman–Crippen LogP) is 2.03. The van der Waals surface area contributed by atoms with Crippen molar-refractivity contribution < 1.29 is 18.8 Å². The Morgan fingerprint density at radius 2 is 1.92 bits per heavy atom. The molecule has 1 fully saturated rings. The predicted molar refractivity (Wildman–Crippen MR) is 90.6 cm³/mol. The van der Waals surface area contributed by atoms with E-state index in [4.69, 9.17) is 9.26 Å². The molecule has 1 aliphatic heterocycles. The summed E-state index contributed by atoms with van der Waals surface area (Å²) in [5.74, 6) is 1.09. The molecule has 0 bridgehead atoms. The maximum absolute atomic E-state index is 12.5. The molecule has 1 aliphatic rings. The van der Waals surface area contributed by atoms with Crippen LogP contribution in [0.25, 0.3) is 0 Å². The molecule has 1 aromatic carbocycles. The summed E-state index contributed by atoms with van der Waals surface area (Å²) in [7, 11) is 1.59. The van der Waals surface area contributed by atoms with Crippen LogP contribution >= 0.6 is 0 Å². The average Bonchev–Trinajstić information content (AvgIpc) is 3.08. The van der Waals surface area contributed by atoms with Crippen molar-refractivity contribution in [1.29, 1.82) is 0 Å². The topological polar surface area (TPSA) is 84.7 Å². The number of aryl methyl sites for hydroxylation is 1. The number of hydrogen-bond donors (Lipinski definition) is 1. The zero-order valence-electron chi connectivity index (χ0n) is 14.3. The molecule has 2 heterocycles. The summed E-state index contributed by atoms with van der Waals surface area (Å²) in [5.41, 5.74) is 0.926. The highest BCUT2D eigenvalue weighted by Gasteiger charge is 2.25. The van der Waals surface area contributed by atoms with Crippen molar-refractivity contribution in [3.8, 4) is 5.75 Å². The van der Waals surface area contributed by atoms with Crippen LogP contribution in [0, 0.1) is 6.92 Å². The number of rotatable bonds is 4. The van der Waals surface area contributed by atoms with Gasteiger partial charge in [-0.2, -0.15) is 0 Å². The molecule has 25 heavy (non-hydrogen) atoms. The summed E-state index contributed by atoms with van der Waals surface area (Å²) in [6.07, 6.45) is 1.43. The molecular formula is C18H21N3O4. The number of nitrogens with zero attached hydrogens (tertiary/aromatic N) is 2. The van der Waals surface area contributed by atoms with Crippen molar-refractivity contribution in [2.75, 3.05) is 20.2 Å². The second-order valence-electron chi connectivity index (χ2n) is 6.09. The van der Waals surface area contributed by atoms with E-state index in [-0.39, 0.29) is 23.6 Å². The number of benzene rings is 1. The Kier molecular flexibility index (Phi) is 5.02. The Bertz CT molecular complexity index is 746. The fourth-order valence-electron chi connectivity index (χ4n) is 2.88. The van der Waals surface area contributed by atoms with Gasteiger partial charge in [-0.25, -0.2) is 0 Å². The van der Waals surface area contributed by atoms with Crippen LogP contribution in [-0.4, -0.2) is 48.1 Å². The van der Waals surface area contributed by atoms with E-state index in [1.165, 1.54) is 0 Å². The lowest BCUT2D eigenvalue weighted by Crippen LogP contribution is -2.46. The zero-order chi connectivity index (χ0) is 17.8. The van der Waals surface area contributed by atoms with Crippen molar-refractivity contribution in [2.24, 2.45) is 0 Å². The second kappa shape index (κ2) is 7.38. The van der Waals surface area contributed by atoms with E-state index < -0.39 is 0 Å². The van der Waals surface area contributed by atoms with Gasteiger partial charge >= 0.3 is 0 Å². The number of ether oxygens (including phenoxy) is 1. The number of carbonyl (C=O) groups excluding carboxylic acids is 2. The highest BCUT2D eigenvalue weighted by atomic mass is 16.5. The largest absolute Gasteiger partial charge is 0.497 e. The minimum atomic E-state index is -0.239. The average molecular weight is 343 g/mol. The van der Waals surface area contributed by atoms with Gasteiger partial charge in [0, 0.05) is 30.8 Å². The monoisotopic (exact) mass is 343 g/mol. The van der Waals surface area contributed by atoms with E-state index in [1.807, 2.05) is 4.90 Å². The molecule has 7 nitrogen and oxygen atoms in total. The van der Waals surface area contributed by atoms with Gasteiger partial charge in [-0.05, 0) is 44.0 Å². The van der Waals surface area contributed by atoms with Crippen LogP contribution in [0.5, 0.6) is 5.75 Å². The van der Waals surface area contributed by atoms with Gasteiger partial charge in [0.15, 0.2) is 5.69 Å². The number of hydrogen-bond acceptors (Lipinski definition) is 5. The molecule has 2 aromatic rings. The number of likely N-dealkylation sites (tertiary alicyclic amines) is 1. The fraction of sp³-hybridized carbons (Fsp3) is 0.389. The first-order valence-electron chi connectivity index (χ1n) is 8.24. The van der Waals surface area contributed by atoms with E-state index in [0.717, 1.165) is 5.75 Å². The Morgan fingerprint density at radius 1 is 1.24 bits per heavy atom. The lowest BCUT2D eigenvalue weighted by molar-refractivity contribution is 0.0697. The Balaban J connectivity index is 1.52. The molecular weight excluding hydrogens is 322 g/mol. The third kappa shape index (κ3) is 3.99. The molecule has 2 amide bonds. The lowest BCUT2D eigenvalue weighted by atomic mass is 10.0. The van der Waals surface area contributed by atoms with Crippen molar-refractivity contribution in [1.82, 2.24) is 15.4 Å². The molecule has 0 aliphatic carbocycles. The number of carbonyl (C=O) groups is 2. The molecule has 0 atom stereocenters. The minimum Gasteiger partial charge on any atom is -0.497 e. The molecule has 132 valence electrons. The minimum absolute atomic E-state index is 0.000411. The van der Waals surface area contributed by atoms with Crippen molar-refractivity contribution in [2.45, 2.75) is 25.8 Å². The first-order valence-corrected chi connectivity index (χ1v) is 8.24. The van der Waals surface area contributed by atoms with Gasteiger partial charge in [-0.15, -0.1) is 0 Å². The molecule has 0 spiro atoms. The van der Waals surface area contributed by atoms with Crippen molar-refractivity contribution >= 4 is 11.8 Å². The van der Waals surface area contributed by atoms with E-state index in [2.05, 4.69) is 10.5 Å². The molecule has 7 heteroatoms. The summed E-state index contributed by atoms with van der Waals surface area (Å²) in [6, 6.07) is 8.73. The number of amides is 2. The first kappa shape index (κ1) is 17.0. The normalized spacial score (nSPS) is 15.0. The van der Waals surface area contributed by atoms with Gasteiger partial charge in [-0.3, -0.25) is 9.59 Å². The van der Waals surface area contributed by atoms with Gasteiger partial charge in [0.2, 0.25) is 0 Å². The van der Waals surface area contributed by atoms with Crippen molar-refractivity contribution in [3.05, 3.63) is 47.3 Å². The van der Waals surface area contributed by atoms with E-state index in [1.54, 1.807) is 44.4 Å². The third-order valence-electron chi connectivity index (χ3n) is 4.31. The summed E-state index contributed by atoms with van der Waals surface area (Å²) >= 11 is 0. The quantitative estimate of drug-likeness (QED) is 0.918. The van der Waals surface area contributed by atoms with E-state index in [9.17, 15) is 9.59 Å². The molecule has 0 unspecified atom stereocenters. The summed E-state index contributed by atoms with van der Waals surface area (Å²) in [4.78, 5) is 26.4. The number of nitrogens with one attached hydrogen (secondary N) is 1. The van der Waals surface area contributed by atoms with Crippen LogP contribution in [0.15, 0.2) is 34.9 Å². The number of piperidine rings is 1. The van der Waals surface area contributed by atoms with Gasteiger partial charge in [0.05, 0.1) is 7.11 Å². The van der Waals surface area contributed by atoms with Crippen LogP contribution in [0.2, 0.25) is 0 Å². The van der Waals surface area contributed by atoms with Gasteiger partial charge in [0.25, 0.3) is 11.8 Å². The van der Waals surface area contributed by atoms with Crippen LogP contribution in [0.4, 0.5) is 0 Å². The SMILES string of the molecule is COc1ccc(C(=O)N2CCC(NC(=O)c3cc(C)on3)CC2)cc1. The van der Waals surface area contributed by atoms with Crippen LogP contribution < -0.4 is 10.1 Å². The molecule has 1 aromatic heterocycles. The summed E-state index contributed by atoms with van der Waals surface area (Å²) in [6.45, 7) is 2.95. The third-order valence-corrected chi connectivity index (χ3v) is 4.31. The van der Waals surface area contributed by atoms with Gasteiger partial charge < -0.3 is 19.5 Å². The van der Waals surface area contributed by atoms with E-state index >= 15 is 0 Å². The number of aromatic nitrogens is 1. The van der Waals surface area contributed by atoms with Crippen LogP contribution in [0.1, 0.15) is 39.4 Å². The Hall–Kier alpha value is -2.83.